The summed E-state index contributed by atoms with van der Waals surface area (Å²) in [6.45, 7) is 5.97. The van der Waals surface area contributed by atoms with E-state index in [1.54, 1.807) is 6.07 Å². The first-order chi connectivity index (χ1) is 11.7. The molecule has 1 aromatic heterocycles. The number of phenols is 1. The Morgan fingerprint density at radius 3 is 2.88 bits per heavy atom. The van der Waals surface area contributed by atoms with Crippen LogP contribution in [0.3, 0.4) is 0 Å². The molecule has 0 spiro atoms. The highest BCUT2D eigenvalue weighted by Gasteiger charge is 2.51. The van der Waals surface area contributed by atoms with Crippen LogP contribution in [0.2, 0.25) is 0 Å². The second kappa shape index (κ2) is 5.26. The lowest BCUT2D eigenvalue weighted by Gasteiger charge is -2.55. The van der Waals surface area contributed by atoms with E-state index < -0.39 is 0 Å². The summed E-state index contributed by atoms with van der Waals surface area (Å²) >= 11 is 0. The number of hydrogen-bond donors (Lipinski definition) is 1. The van der Waals surface area contributed by atoms with Gasteiger partial charge in [0.05, 0.1) is 0 Å². The number of piperidine rings is 2. The van der Waals surface area contributed by atoms with Crippen LogP contribution in [0.1, 0.15) is 56.8 Å². The summed E-state index contributed by atoms with van der Waals surface area (Å²) < 4.78 is 6.41. The molecule has 1 aliphatic carbocycles. The molecule has 6 atom stereocenters. The van der Waals surface area contributed by atoms with Crippen molar-refractivity contribution in [2.45, 2.75) is 64.0 Å². The minimum atomic E-state index is 0.347. The Morgan fingerprint density at radius 1 is 1.21 bits per heavy atom. The fourth-order valence-corrected chi connectivity index (χ4v) is 6.02. The van der Waals surface area contributed by atoms with Gasteiger partial charge in [-0.3, -0.25) is 4.90 Å². The number of phenolic OH excluding ortho intramolecular Hbond substituents is 1. The van der Waals surface area contributed by atoms with Crippen molar-refractivity contribution in [1.82, 2.24) is 4.90 Å². The first kappa shape index (κ1) is 14.8. The smallest absolute Gasteiger partial charge is 0.134 e. The van der Waals surface area contributed by atoms with Crippen molar-refractivity contribution in [3.63, 3.8) is 0 Å². The number of fused-ring (bicyclic) bond motifs is 4. The van der Waals surface area contributed by atoms with Gasteiger partial charge in [0.15, 0.2) is 0 Å². The van der Waals surface area contributed by atoms with Gasteiger partial charge >= 0.3 is 0 Å². The molecule has 2 saturated heterocycles. The van der Waals surface area contributed by atoms with Crippen LogP contribution in [0, 0.1) is 11.8 Å². The molecule has 1 saturated carbocycles. The van der Waals surface area contributed by atoms with Gasteiger partial charge in [-0.2, -0.15) is 0 Å². The van der Waals surface area contributed by atoms with Crippen LogP contribution < -0.4 is 0 Å². The van der Waals surface area contributed by atoms with Gasteiger partial charge in [-0.1, -0.05) is 20.3 Å². The molecule has 3 heteroatoms. The van der Waals surface area contributed by atoms with Crippen molar-refractivity contribution in [2.75, 3.05) is 6.54 Å². The van der Waals surface area contributed by atoms with Crippen molar-refractivity contribution >= 4 is 11.0 Å². The van der Waals surface area contributed by atoms with Crippen LogP contribution in [0.15, 0.2) is 22.6 Å². The van der Waals surface area contributed by atoms with Crippen molar-refractivity contribution in [1.29, 1.82) is 0 Å². The van der Waals surface area contributed by atoms with Crippen LogP contribution in [-0.4, -0.2) is 28.6 Å². The predicted octanol–water partition coefficient (Wildman–Crippen LogP) is 4.68. The van der Waals surface area contributed by atoms with E-state index in [2.05, 4.69) is 18.7 Å². The maximum absolute atomic E-state index is 9.96. The number of nitrogens with zero attached hydrogens (tertiary/aromatic N) is 1. The van der Waals surface area contributed by atoms with Gasteiger partial charge < -0.3 is 9.52 Å². The number of furan rings is 1. The SMILES string of the molecule is CC[C@@H]1C[C@H]2C[C@H]3c4oc5ccc(O)cc5c4C[C@H](CC)N(C2)C13. The molecule has 6 rings (SSSR count). The molecular weight excluding hydrogens is 298 g/mol. The topological polar surface area (TPSA) is 36.6 Å². The first-order valence-corrected chi connectivity index (χ1v) is 9.69. The van der Waals surface area contributed by atoms with Crippen molar-refractivity contribution in [2.24, 2.45) is 11.8 Å². The van der Waals surface area contributed by atoms with Crippen molar-refractivity contribution in [3.8, 4) is 5.75 Å². The zero-order chi connectivity index (χ0) is 16.4. The van der Waals surface area contributed by atoms with E-state index in [0.717, 1.165) is 29.2 Å². The molecule has 3 nitrogen and oxygen atoms in total. The molecule has 128 valence electrons. The monoisotopic (exact) mass is 325 g/mol. The zero-order valence-corrected chi connectivity index (χ0v) is 14.7. The van der Waals surface area contributed by atoms with Crippen LogP contribution >= 0.6 is 0 Å². The minimum Gasteiger partial charge on any atom is -0.508 e. The fraction of sp³-hybridized carbons (Fsp3) is 0.619. The van der Waals surface area contributed by atoms with Gasteiger partial charge in [0.1, 0.15) is 17.1 Å². The van der Waals surface area contributed by atoms with Crippen LogP contribution in [0.25, 0.3) is 11.0 Å². The first-order valence-electron chi connectivity index (χ1n) is 9.69. The fourth-order valence-electron chi connectivity index (χ4n) is 6.02. The molecule has 0 radical (unpaired) electrons. The molecule has 3 fully saturated rings. The molecule has 1 N–H and O–H groups in total. The summed E-state index contributed by atoms with van der Waals surface area (Å²) in [7, 11) is 0. The standard InChI is InChI=1S/C21H27NO2/c1-3-13-7-12-8-18-20(13)22(11-12)14(4-2)9-17-16-10-15(23)5-6-19(16)24-21(17)18/h5-6,10,12-14,18,20,23H,3-4,7-9,11H2,1-2H3/t12-,13+,14-,18+,20?/m0/s1. The largest absolute Gasteiger partial charge is 0.508 e. The quantitative estimate of drug-likeness (QED) is 0.871. The molecule has 2 unspecified atom stereocenters. The maximum Gasteiger partial charge on any atom is 0.134 e. The highest BCUT2D eigenvalue weighted by atomic mass is 16.3. The van der Waals surface area contributed by atoms with Gasteiger partial charge in [0, 0.05) is 35.5 Å². The number of benzene rings is 1. The lowest BCUT2D eigenvalue weighted by Crippen LogP contribution is -2.59. The molecule has 24 heavy (non-hydrogen) atoms. The molecule has 4 bridgehead atoms. The Bertz CT molecular complexity index is 779. The zero-order valence-electron chi connectivity index (χ0n) is 14.7. The molecular formula is C21H27NO2. The van der Waals surface area contributed by atoms with Crippen molar-refractivity contribution < 1.29 is 9.52 Å². The van der Waals surface area contributed by atoms with E-state index in [9.17, 15) is 5.11 Å². The summed E-state index contributed by atoms with van der Waals surface area (Å²) in [5.74, 6) is 3.77. The summed E-state index contributed by atoms with van der Waals surface area (Å²) in [6, 6.07) is 6.86. The second-order valence-corrected chi connectivity index (χ2v) is 8.19. The van der Waals surface area contributed by atoms with E-state index in [4.69, 9.17) is 4.42 Å². The Morgan fingerprint density at radius 2 is 2.08 bits per heavy atom. The van der Waals surface area contributed by atoms with Crippen LogP contribution in [0.5, 0.6) is 5.75 Å². The molecule has 4 heterocycles. The van der Waals surface area contributed by atoms with Gasteiger partial charge in [0.25, 0.3) is 0 Å². The van der Waals surface area contributed by atoms with E-state index in [1.165, 1.54) is 43.6 Å². The molecule has 3 aliphatic heterocycles. The minimum absolute atomic E-state index is 0.347. The Labute approximate surface area is 143 Å². The predicted molar refractivity (Wildman–Crippen MR) is 95.4 cm³/mol. The molecule has 1 aromatic carbocycles. The summed E-state index contributed by atoms with van der Waals surface area (Å²) in [5, 5.41) is 11.1. The highest BCUT2D eigenvalue weighted by molar-refractivity contribution is 5.84. The number of rotatable bonds is 2. The van der Waals surface area contributed by atoms with Gasteiger partial charge in [-0.15, -0.1) is 0 Å². The third kappa shape index (κ3) is 1.94. The van der Waals surface area contributed by atoms with E-state index in [0.29, 0.717) is 23.8 Å². The Hall–Kier alpha value is -1.48. The van der Waals surface area contributed by atoms with E-state index >= 15 is 0 Å². The lowest BCUT2D eigenvalue weighted by molar-refractivity contribution is -0.0432. The summed E-state index contributed by atoms with van der Waals surface area (Å²) in [4.78, 5) is 2.83. The average molecular weight is 325 g/mol. The van der Waals surface area contributed by atoms with Crippen molar-refractivity contribution in [3.05, 3.63) is 29.5 Å². The molecule has 2 aromatic rings. The maximum atomic E-state index is 9.96. The van der Waals surface area contributed by atoms with Gasteiger partial charge in [0.2, 0.25) is 0 Å². The summed E-state index contributed by atoms with van der Waals surface area (Å²) in [5.41, 5.74) is 2.33. The highest BCUT2D eigenvalue weighted by Crippen LogP contribution is 2.53. The Kier molecular flexibility index (Phi) is 3.25. The molecule has 0 amide bonds. The van der Waals surface area contributed by atoms with E-state index in [1.807, 2.05) is 12.1 Å². The van der Waals surface area contributed by atoms with Gasteiger partial charge in [-0.25, -0.2) is 0 Å². The normalized spacial score (nSPS) is 37.4. The summed E-state index contributed by atoms with van der Waals surface area (Å²) in [6.07, 6.45) is 6.23. The molecule has 4 aliphatic rings. The second-order valence-electron chi connectivity index (χ2n) is 8.19. The van der Waals surface area contributed by atoms with Gasteiger partial charge in [-0.05, 0) is 55.7 Å². The lowest BCUT2D eigenvalue weighted by atomic mass is 9.65. The van der Waals surface area contributed by atoms with E-state index in [-0.39, 0.29) is 0 Å². The van der Waals surface area contributed by atoms with Crippen LogP contribution in [0.4, 0.5) is 0 Å². The van der Waals surface area contributed by atoms with Crippen LogP contribution in [-0.2, 0) is 6.42 Å². The number of aromatic hydroxyl groups is 1. The average Bonchev–Trinajstić information content (AvgIpc) is 2.92. The number of hydrogen-bond acceptors (Lipinski definition) is 3. The third-order valence-electron chi connectivity index (χ3n) is 7.02. The third-order valence-corrected chi connectivity index (χ3v) is 7.02. The Balaban J connectivity index is 1.71.